The van der Waals surface area contributed by atoms with Crippen LogP contribution in [0.15, 0.2) is 47.8 Å². The predicted octanol–water partition coefficient (Wildman–Crippen LogP) is 4.74. The van der Waals surface area contributed by atoms with Gasteiger partial charge in [-0.05, 0) is 59.9 Å². The van der Waals surface area contributed by atoms with E-state index in [4.69, 9.17) is 5.73 Å². The minimum atomic E-state index is -0.469. The van der Waals surface area contributed by atoms with Gasteiger partial charge in [-0.2, -0.15) is 0 Å². The summed E-state index contributed by atoms with van der Waals surface area (Å²) >= 11 is 1.76. The fourth-order valence-corrected chi connectivity index (χ4v) is 3.65. The lowest BCUT2D eigenvalue weighted by Gasteiger charge is -2.27. The molecule has 0 bridgehead atoms. The van der Waals surface area contributed by atoms with Gasteiger partial charge in [0.1, 0.15) is 0 Å². The van der Waals surface area contributed by atoms with Crippen LogP contribution >= 0.6 is 11.3 Å². The highest BCUT2D eigenvalue weighted by Crippen LogP contribution is 2.35. The molecule has 0 saturated heterocycles. The molecule has 1 heterocycles. The summed E-state index contributed by atoms with van der Waals surface area (Å²) in [6, 6.07) is 15.1. The van der Waals surface area contributed by atoms with Gasteiger partial charge in [0.2, 0.25) is 0 Å². The highest BCUT2D eigenvalue weighted by molar-refractivity contribution is 7.17. The van der Waals surface area contributed by atoms with E-state index < -0.39 is 5.54 Å². The van der Waals surface area contributed by atoms with Crippen molar-refractivity contribution < 1.29 is 0 Å². The average Bonchev–Trinajstić information content (AvgIpc) is 2.89. The summed E-state index contributed by atoms with van der Waals surface area (Å²) in [5, 5.41) is 3.40. The number of fused-ring (bicyclic) bond motifs is 1. The zero-order valence-corrected chi connectivity index (χ0v) is 12.9. The molecule has 0 fully saturated rings. The Labute approximate surface area is 124 Å². The molecule has 0 saturated carbocycles. The lowest BCUT2D eigenvalue weighted by Crippen LogP contribution is -2.34. The second-order valence-electron chi connectivity index (χ2n) is 5.65. The standard InChI is InChI=1S/C18H19NS/c1-12-7-8-15(11-13(12)2)18(3,19)16-6-4-5-14-9-10-20-17(14)16/h4-11H,19H2,1-3H3. The molecule has 1 atom stereocenters. The summed E-state index contributed by atoms with van der Waals surface area (Å²) in [4.78, 5) is 0. The Morgan fingerprint density at radius 2 is 1.80 bits per heavy atom. The van der Waals surface area contributed by atoms with Gasteiger partial charge in [0, 0.05) is 4.70 Å². The van der Waals surface area contributed by atoms with Gasteiger partial charge in [0.15, 0.2) is 0 Å². The first kappa shape index (κ1) is 13.3. The van der Waals surface area contributed by atoms with E-state index in [9.17, 15) is 0 Å². The van der Waals surface area contributed by atoms with E-state index in [1.54, 1.807) is 11.3 Å². The summed E-state index contributed by atoms with van der Waals surface area (Å²) in [5.74, 6) is 0. The third kappa shape index (κ3) is 2.05. The summed E-state index contributed by atoms with van der Waals surface area (Å²) in [6.07, 6.45) is 0. The Bertz CT molecular complexity index is 768. The summed E-state index contributed by atoms with van der Waals surface area (Å²) < 4.78 is 1.29. The topological polar surface area (TPSA) is 26.0 Å². The molecule has 0 radical (unpaired) electrons. The predicted molar refractivity (Wildman–Crippen MR) is 88.4 cm³/mol. The van der Waals surface area contributed by atoms with Gasteiger partial charge in [-0.15, -0.1) is 11.3 Å². The number of aryl methyl sites for hydroxylation is 2. The van der Waals surface area contributed by atoms with Crippen molar-refractivity contribution in [2.24, 2.45) is 5.73 Å². The van der Waals surface area contributed by atoms with E-state index in [0.717, 1.165) is 0 Å². The number of benzene rings is 2. The molecule has 0 aliphatic carbocycles. The van der Waals surface area contributed by atoms with Crippen molar-refractivity contribution in [3.63, 3.8) is 0 Å². The molecule has 0 spiro atoms. The van der Waals surface area contributed by atoms with Gasteiger partial charge >= 0.3 is 0 Å². The minimum absolute atomic E-state index is 0.469. The highest BCUT2D eigenvalue weighted by atomic mass is 32.1. The molecule has 102 valence electrons. The van der Waals surface area contributed by atoms with Crippen LogP contribution in [-0.4, -0.2) is 0 Å². The molecule has 0 aliphatic rings. The largest absolute Gasteiger partial charge is 0.318 e. The summed E-state index contributed by atoms with van der Waals surface area (Å²) in [7, 11) is 0. The van der Waals surface area contributed by atoms with E-state index >= 15 is 0 Å². The first-order valence-electron chi connectivity index (χ1n) is 6.83. The van der Waals surface area contributed by atoms with Crippen LogP contribution in [0.3, 0.4) is 0 Å². The molecule has 1 unspecified atom stereocenters. The Morgan fingerprint density at radius 3 is 2.55 bits per heavy atom. The average molecular weight is 281 g/mol. The van der Waals surface area contributed by atoms with Crippen LogP contribution in [0.1, 0.15) is 29.2 Å². The van der Waals surface area contributed by atoms with E-state index in [2.05, 4.69) is 68.6 Å². The molecule has 3 rings (SSSR count). The number of hydrogen-bond donors (Lipinski definition) is 1. The number of thiophene rings is 1. The summed E-state index contributed by atoms with van der Waals surface area (Å²) in [5.41, 5.74) is 11.2. The van der Waals surface area contributed by atoms with Gasteiger partial charge in [-0.3, -0.25) is 0 Å². The van der Waals surface area contributed by atoms with Gasteiger partial charge in [-0.25, -0.2) is 0 Å². The fourth-order valence-electron chi connectivity index (χ4n) is 2.62. The zero-order chi connectivity index (χ0) is 14.3. The molecule has 0 amide bonds. The Hall–Kier alpha value is -1.64. The smallest absolute Gasteiger partial charge is 0.0651 e. The number of nitrogens with two attached hydrogens (primary N) is 1. The third-order valence-electron chi connectivity index (χ3n) is 4.15. The minimum Gasteiger partial charge on any atom is -0.318 e. The Kier molecular flexibility index (Phi) is 3.15. The first-order valence-corrected chi connectivity index (χ1v) is 7.71. The van der Waals surface area contributed by atoms with Crippen LogP contribution in [0.2, 0.25) is 0 Å². The monoisotopic (exact) mass is 281 g/mol. The second kappa shape index (κ2) is 4.72. The van der Waals surface area contributed by atoms with Crippen molar-refractivity contribution >= 4 is 21.4 Å². The molecular formula is C18H19NS. The fraction of sp³-hybridized carbons (Fsp3) is 0.222. The lowest BCUT2D eigenvalue weighted by atomic mass is 9.84. The molecular weight excluding hydrogens is 262 g/mol. The molecule has 3 aromatic rings. The number of rotatable bonds is 2. The third-order valence-corrected chi connectivity index (χ3v) is 5.11. The van der Waals surface area contributed by atoms with Crippen LogP contribution in [-0.2, 0) is 5.54 Å². The first-order chi connectivity index (χ1) is 9.50. The SMILES string of the molecule is Cc1ccc(C(C)(N)c2cccc3ccsc23)cc1C. The maximum absolute atomic E-state index is 6.71. The molecule has 0 aliphatic heterocycles. The zero-order valence-electron chi connectivity index (χ0n) is 12.1. The van der Waals surface area contributed by atoms with Crippen molar-refractivity contribution in [1.82, 2.24) is 0 Å². The van der Waals surface area contributed by atoms with Crippen LogP contribution in [0, 0.1) is 13.8 Å². The van der Waals surface area contributed by atoms with E-state index in [1.807, 2.05) is 0 Å². The highest BCUT2D eigenvalue weighted by Gasteiger charge is 2.26. The molecule has 1 aromatic heterocycles. The Balaban J connectivity index is 2.20. The maximum atomic E-state index is 6.71. The van der Waals surface area contributed by atoms with Gasteiger partial charge in [-0.1, -0.05) is 36.4 Å². The quantitative estimate of drug-likeness (QED) is 0.721. The van der Waals surface area contributed by atoms with Gasteiger partial charge in [0.25, 0.3) is 0 Å². The molecule has 1 nitrogen and oxygen atoms in total. The van der Waals surface area contributed by atoms with Crippen molar-refractivity contribution in [3.05, 3.63) is 70.1 Å². The van der Waals surface area contributed by atoms with Gasteiger partial charge < -0.3 is 5.73 Å². The van der Waals surface area contributed by atoms with E-state index in [-0.39, 0.29) is 0 Å². The molecule has 2 N–H and O–H groups in total. The van der Waals surface area contributed by atoms with Crippen LogP contribution in [0.5, 0.6) is 0 Å². The second-order valence-corrected chi connectivity index (χ2v) is 6.56. The molecule has 20 heavy (non-hydrogen) atoms. The van der Waals surface area contributed by atoms with E-state index in [0.29, 0.717) is 0 Å². The Morgan fingerprint density at radius 1 is 1.00 bits per heavy atom. The van der Waals surface area contributed by atoms with Crippen LogP contribution in [0.4, 0.5) is 0 Å². The van der Waals surface area contributed by atoms with Crippen LogP contribution in [0.25, 0.3) is 10.1 Å². The number of hydrogen-bond acceptors (Lipinski definition) is 2. The van der Waals surface area contributed by atoms with Gasteiger partial charge in [0.05, 0.1) is 5.54 Å². The van der Waals surface area contributed by atoms with Crippen LogP contribution < -0.4 is 5.73 Å². The molecule has 2 aromatic carbocycles. The lowest BCUT2D eigenvalue weighted by molar-refractivity contribution is 0.609. The van der Waals surface area contributed by atoms with Crippen molar-refractivity contribution in [2.75, 3.05) is 0 Å². The van der Waals surface area contributed by atoms with Crippen molar-refractivity contribution in [3.8, 4) is 0 Å². The normalized spacial score (nSPS) is 14.4. The maximum Gasteiger partial charge on any atom is 0.0651 e. The van der Waals surface area contributed by atoms with E-state index in [1.165, 1.54) is 32.3 Å². The molecule has 2 heteroatoms. The van der Waals surface area contributed by atoms with Crippen molar-refractivity contribution in [2.45, 2.75) is 26.3 Å². The summed E-state index contributed by atoms with van der Waals surface area (Å²) in [6.45, 7) is 6.37. The van der Waals surface area contributed by atoms with Crippen molar-refractivity contribution in [1.29, 1.82) is 0 Å².